The number of imidazole rings is 1. The number of nitro benzene ring substituents is 1. The van der Waals surface area contributed by atoms with Gasteiger partial charge in [-0.2, -0.15) is 13.2 Å². The SMILES string of the molecule is O=[N+]([O-])c1cccc(/C=C/c2nc3nc4ccccc4nc3n2-c2cccc(C(F)(F)F)c2)c1. The van der Waals surface area contributed by atoms with Gasteiger partial charge in [-0.15, -0.1) is 0 Å². The van der Waals surface area contributed by atoms with Gasteiger partial charge in [-0.1, -0.05) is 36.4 Å². The van der Waals surface area contributed by atoms with Crippen LogP contribution in [0.5, 0.6) is 0 Å². The Bertz CT molecular complexity index is 1590. The fourth-order valence-electron chi connectivity index (χ4n) is 3.57. The lowest BCUT2D eigenvalue weighted by Crippen LogP contribution is -2.07. The van der Waals surface area contributed by atoms with Gasteiger partial charge in [0, 0.05) is 17.8 Å². The molecule has 168 valence electrons. The molecule has 0 saturated heterocycles. The first-order chi connectivity index (χ1) is 16.3. The topological polar surface area (TPSA) is 86.7 Å². The highest BCUT2D eigenvalue weighted by atomic mass is 19.4. The van der Waals surface area contributed by atoms with Crippen molar-refractivity contribution in [3.05, 3.63) is 99.9 Å². The van der Waals surface area contributed by atoms with Gasteiger partial charge in [0.25, 0.3) is 5.69 Å². The summed E-state index contributed by atoms with van der Waals surface area (Å²) in [5, 5.41) is 11.1. The highest BCUT2D eigenvalue weighted by Gasteiger charge is 2.31. The van der Waals surface area contributed by atoms with E-state index >= 15 is 0 Å². The third-order valence-electron chi connectivity index (χ3n) is 5.13. The molecule has 0 aliphatic heterocycles. The summed E-state index contributed by atoms with van der Waals surface area (Å²) < 4.78 is 41.6. The Morgan fingerprint density at radius 1 is 0.853 bits per heavy atom. The van der Waals surface area contributed by atoms with Crippen molar-refractivity contribution in [3.8, 4) is 5.69 Å². The second-order valence-electron chi connectivity index (χ2n) is 7.40. The van der Waals surface area contributed by atoms with Crippen LogP contribution in [0.3, 0.4) is 0 Å². The van der Waals surface area contributed by atoms with Crippen LogP contribution >= 0.6 is 0 Å². The molecular formula is C24H14F3N5O2. The Kier molecular flexibility index (Phi) is 5.05. The molecule has 0 saturated carbocycles. The van der Waals surface area contributed by atoms with Crippen molar-refractivity contribution in [3.63, 3.8) is 0 Å². The van der Waals surface area contributed by atoms with Crippen LogP contribution < -0.4 is 0 Å². The van der Waals surface area contributed by atoms with E-state index in [1.165, 1.54) is 28.8 Å². The normalized spacial score (nSPS) is 12.1. The first kappa shape index (κ1) is 21.3. The smallest absolute Gasteiger partial charge is 0.276 e. The van der Waals surface area contributed by atoms with Gasteiger partial charge in [-0.05, 0) is 42.0 Å². The Labute approximate surface area is 190 Å². The fourth-order valence-corrected chi connectivity index (χ4v) is 3.57. The Morgan fingerprint density at radius 3 is 2.32 bits per heavy atom. The van der Waals surface area contributed by atoms with Crippen molar-refractivity contribution in [1.29, 1.82) is 0 Å². The predicted molar refractivity (Wildman–Crippen MR) is 121 cm³/mol. The minimum absolute atomic E-state index is 0.0804. The first-order valence-electron chi connectivity index (χ1n) is 10.0. The minimum atomic E-state index is -4.52. The minimum Gasteiger partial charge on any atom is -0.276 e. The number of para-hydroxylation sites is 2. The van der Waals surface area contributed by atoms with Crippen LogP contribution in [0.2, 0.25) is 0 Å². The van der Waals surface area contributed by atoms with Crippen LogP contribution in [0, 0.1) is 10.1 Å². The molecule has 0 radical (unpaired) electrons. The monoisotopic (exact) mass is 461 g/mol. The van der Waals surface area contributed by atoms with E-state index in [1.807, 2.05) is 0 Å². The number of nitro groups is 1. The molecule has 0 unspecified atom stereocenters. The van der Waals surface area contributed by atoms with E-state index in [0.29, 0.717) is 16.6 Å². The zero-order valence-corrected chi connectivity index (χ0v) is 17.3. The Balaban J connectivity index is 1.72. The molecule has 0 bridgehead atoms. The largest absolute Gasteiger partial charge is 0.416 e. The average molecular weight is 461 g/mol. The maximum Gasteiger partial charge on any atom is 0.416 e. The number of rotatable bonds is 4. The van der Waals surface area contributed by atoms with Crippen LogP contribution in [0.4, 0.5) is 18.9 Å². The van der Waals surface area contributed by atoms with Crippen molar-refractivity contribution < 1.29 is 18.1 Å². The van der Waals surface area contributed by atoms with Gasteiger partial charge in [0.15, 0.2) is 11.3 Å². The number of hydrogen-bond acceptors (Lipinski definition) is 5. The van der Waals surface area contributed by atoms with Crippen LogP contribution in [0.1, 0.15) is 17.0 Å². The van der Waals surface area contributed by atoms with E-state index in [2.05, 4.69) is 15.0 Å². The molecule has 0 fully saturated rings. The van der Waals surface area contributed by atoms with Crippen molar-refractivity contribution in [1.82, 2.24) is 19.5 Å². The number of aromatic nitrogens is 4. The first-order valence-corrected chi connectivity index (χ1v) is 10.0. The summed E-state index contributed by atoms with van der Waals surface area (Å²) in [4.78, 5) is 24.2. The zero-order chi connectivity index (χ0) is 23.9. The lowest BCUT2D eigenvalue weighted by atomic mass is 10.2. The molecule has 3 aromatic carbocycles. The number of benzene rings is 3. The second-order valence-corrected chi connectivity index (χ2v) is 7.40. The van der Waals surface area contributed by atoms with E-state index in [1.54, 1.807) is 48.6 Å². The number of alkyl halides is 3. The van der Waals surface area contributed by atoms with E-state index < -0.39 is 16.7 Å². The molecule has 0 atom stereocenters. The van der Waals surface area contributed by atoms with Gasteiger partial charge in [0.2, 0.25) is 0 Å². The molecule has 0 amide bonds. The summed E-state index contributed by atoms with van der Waals surface area (Å²) in [5.41, 5.74) is 1.56. The zero-order valence-electron chi connectivity index (χ0n) is 17.3. The number of non-ortho nitro benzene ring substituents is 1. The van der Waals surface area contributed by atoms with Gasteiger partial charge in [-0.3, -0.25) is 14.7 Å². The summed E-state index contributed by atoms with van der Waals surface area (Å²) in [6.45, 7) is 0. The molecule has 5 aromatic rings. The molecule has 0 aliphatic rings. The Hall–Kier alpha value is -4.60. The van der Waals surface area contributed by atoms with E-state index in [0.717, 1.165) is 12.1 Å². The van der Waals surface area contributed by atoms with Crippen molar-refractivity contribution >= 4 is 40.2 Å². The maximum absolute atomic E-state index is 13.4. The van der Waals surface area contributed by atoms with Gasteiger partial charge in [0.1, 0.15) is 5.82 Å². The second kappa shape index (κ2) is 8.07. The fraction of sp³-hybridized carbons (Fsp3) is 0.0417. The molecule has 10 heteroatoms. The van der Waals surface area contributed by atoms with Crippen molar-refractivity contribution in [2.45, 2.75) is 6.18 Å². The molecule has 7 nitrogen and oxygen atoms in total. The summed E-state index contributed by atoms with van der Waals surface area (Å²) in [6, 6.07) is 17.9. The molecule has 0 N–H and O–H groups in total. The summed E-state index contributed by atoms with van der Waals surface area (Å²) in [5.74, 6) is 0.274. The molecule has 0 spiro atoms. The summed E-state index contributed by atoms with van der Waals surface area (Å²) in [6.07, 6.45) is -1.37. The number of nitrogens with zero attached hydrogens (tertiary/aromatic N) is 5. The molecule has 2 heterocycles. The standard InChI is InChI=1S/C24H14F3N5O2/c25-24(26,27)16-6-4-7-17(14-16)31-21(12-11-15-5-3-8-18(13-15)32(33)34)30-22-23(31)29-20-10-2-1-9-19(20)28-22/h1-14H/b12-11+. The number of halogens is 3. The highest BCUT2D eigenvalue weighted by molar-refractivity contribution is 5.85. The van der Waals surface area contributed by atoms with Crippen LogP contribution in [-0.2, 0) is 6.18 Å². The van der Waals surface area contributed by atoms with Gasteiger partial charge in [0.05, 0.1) is 21.5 Å². The van der Waals surface area contributed by atoms with Gasteiger partial charge in [-0.25, -0.2) is 15.0 Å². The van der Waals surface area contributed by atoms with Crippen molar-refractivity contribution in [2.75, 3.05) is 0 Å². The molecule has 0 aliphatic carbocycles. The predicted octanol–water partition coefficient (Wildman–Crippen LogP) is 6.07. The van der Waals surface area contributed by atoms with Crippen LogP contribution in [0.25, 0.3) is 40.2 Å². The van der Waals surface area contributed by atoms with E-state index in [4.69, 9.17) is 0 Å². The Morgan fingerprint density at radius 2 is 1.59 bits per heavy atom. The molecule has 5 rings (SSSR count). The van der Waals surface area contributed by atoms with E-state index in [-0.39, 0.29) is 28.5 Å². The van der Waals surface area contributed by atoms with Crippen LogP contribution in [0.15, 0.2) is 72.8 Å². The van der Waals surface area contributed by atoms with Crippen LogP contribution in [-0.4, -0.2) is 24.4 Å². The molecular weight excluding hydrogens is 447 g/mol. The van der Waals surface area contributed by atoms with Crippen molar-refractivity contribution in [2.24, 2.45) is 0 Å². The molecule has 2 aromatic heterocycles. The van der Waals surface area contributed by atoms with E-state index in [9.17, 15) is 23.3 Å². The molecule has 34 heavy (non-hydrogen) atoms. The lowest BCUT2D eigenvalue weighted by Gasteiger charge is -2.11. The summed E-state index contributed by atoms with van der Waals surface area (Å²) in [7, 11) is 0. The number of fused-ring (bicyclic) bond motifs is 2. The third kappa shape index (κ3) is 3.96. The third-order valence-corrected chi connectivity index (χ3v) is 5.13. The van der Waals surface area contributed by atoms with Gasteiger partial charge < -0.3 is 0 Å². The van der Waals surface area contributed by atoms with Gasteiger partial charge >= 0.3 is 6.18 Å². The summed E-state index contributed by atoms with van der Waals surface area (Å²) >= 11 is 0. The average Bonchev–Trinajstić information content (AvgIpc) is 3.18. The highest BCUT2D eigenvalue weighted by Crippen LogP contribution is 2.32. The lowest BCUT2D eigenvalue weighted by molar-refractivity contribution is -0.384. The maximum atomic E-state index is 13.4. The quantitative estimate of drug-likeness (QED) is 0.240. The number of hydrogen-bond donors (Lipinski definition) is 0.